The number of hydrogen-bond donors (Lipinski definition) is 3. The lowest BCUT2D eigenvalue weighted by atomic mass is 9.95. The summed E-state index contributed by atoms with van der Waals surface area (Å²) in [5.41, 5.74) is -0.520. The van der Waals surface area contributed by atoms with Crippen molar-refractivity contribution in [3.63, 3.8) is 0 Å². The summed E-state index contributed by atoms with van der Waals surface area (Å²) in [4.78, 5) is 8.41. The van der Waals surface area contributed by atoms with Gasteiger partial charge in [-0.3, -0.25) is 0 Å². The van der Waals surface area contributed by atoms with Gasteiger partial charge in [0.1, 0.15) is 29.3 Å². The molecule has 1 saturated carbocycles. The van der Waals surface area contributed by atoms with Gasteiger partial charge in [0.2, 0.25) is 0 Å². The van der Waals surface area contributed by atoms with Crippen LogP contribution in [0, 0.1) is 12.3 Å². The average molecular weight is 378 g/mol. The van der Waals surface area contributed by atoms with Crippen LogP contribution in [0.4, 0.5) is 0 Å². The Bertz CT molecular complexity index is 873. The minimum Gasteiger partial charge on any atom is -0.394 e. The van der Waals surface area contributed by atoms with Gasteiger partial charge >= 0.3 is 0 Å². The van der Waals surface area contributed by atoms with E-state index >= 15 is 0 Å². The molecule has 3 heterocycles. The number of rotatable bonds is 3. The van der Waals surface area contributed by atoms with Crippen molar-refractivity contribution in [3.05, 3.63) is 23.2 Å². The Morgan fingerprint density at radius 3 is 2.77 bits per heavy atom. The Morgan fingerprint density at radius 1 is 1.38 bits per heavy atom. The van der Waals surface area contributed by atoms with Crippen LogP contribution in [-0.2, 0) is 4.74 Å². The highest BCUT2D eigenvalue weighted by molar-refractivity contribution is 6.34. The van der Waals surface area contributed by atoms with Crippen LogP contribution in [0.3, 0.4) is 0 Å². The van der Waals surface area contributed by atoms with Gasteiger partial charge in [0, 0.05) is 6.20 Å². The summed E-state index contributed by atoms with van der Waals surface area (Å²) in [7, 11) is 0. The molecule has 2 fully saturated rings. The highest BCUT2D eigenvalue weighted by atomic mass is 35.5. The Balaban J connectivity index is 1.89. The molecule has 0 radical (unpaired) electrons. The normalized spacial score (nSPS) is 32.3. The first kappa shape index (κ1) is 17.7. The molecule has 8 heteroatoms. The highest BCUT2D eigenvalue weighted by Gasteiger charge is 2.55. The van der Waals surface area contributed by atoms with E-state index in [0.29, 0.717) is 22.1 Å². The molecular weight excluding hydrogens is 358 g/mol. The maximum atomic E-state index is 10.9. The third-order valence-electron chi connectivity index (χ3n) is 5.53. The van der Waals surface area contributed by atoms with Gasteiger partial charge in [-0.25, -0.2) is 9.97 Å². The van der Waals surface area contributed by atoms with E-state index < -0.39 is 30.6 Å². The summed E-state index contributed by atoms with van der Waals surface area (Å²) in [5, 5.41) is 31.7. The molecule has 138 valence electrons. The topological polar surface area (TPSA) is 101 Å². The molecule has 1 aliphatic carbocycles. The predicted octanol–water partition coefficient (Wildman–Crippen LogP) is 1.36. The fourth-order valence-electron chi connectivity index (χ4n) is 4.15. The lowest BCUT2D eigenvalue weighted by Gasteiger charge is -2.26. The zero-order valence-corrected chi connectivity index (χ0v) is 14.8. The Labute approximate surface area is 155 Å². The first-order valence-corrected chi connectivity index (χ1v) is 9.04. The molecule has 4 rings (SSSR count). The zero-order valence-electron chi connectivity index (χ0n) is 14.0. The average Bonchev–Trinajstić information content (AvgIpc) is 3.34. The summed E-state index contributed by atoms with van der Waals surface area (Å²) < 4.78 is 7.31. The quantitative estimate of drug-likeness (QED) is 0.551. The molecule has 3 N–H and O–H groups in total. The van der Waals surface area contributed by atoms with Crippen molar-refractivity contribution in [2.45, 2.75) is 55.6 Å². The fourth-order valence-corrected chi connectivity index (χ4v) is 4.39. The molecule has 2 aromatic rings. The molecule has 0 bridgehead atoms. The molecule has 2 aromatic heterocycles. The molecule has 0 amide bonds. The van der Waals surface area contributed by atoms with Crippen molar-refractivity contribution in [1.29, 1.82) is 0 Å². The Kier molecular flexibility index (Phi) is 4.41. The molecule has 26 heavy (non-hydrogen) atoms. The Hall–Kier alpha value is -1.69. The molecule has 4 atom stereocenters. The number of aliphatic hydroxyl groups is 3. The number of halogens is 1. The van der Waals surface area contributed by atoms with Gasteiger partial charge < -0.3 is 24.6 Å². The van der Waals surface area contributed by atoms with E-state index in [4.69, 9.17) is 22.8 Å². The monoisotopic (exact) mass is 377 g/mol. The standard InChI is InChI=1S/C18H20ClN3O4/c1-2-18(25)14(24)12(8-23)26-17(18)22-7-11(10-5-3-4-6-10)13-15(19)20-9-21-16(13)22/h1,7,9-10,12,14,17,23-25H,3-6,8H2. The van der Waals surface area contributed by atoms with Gasteiger partial charge in [0.05, 0.1) is 12.0 Å². The third-order valence-corrected chi connectivity index (χ3v) is 5.82. The van der Waals surface area contributed by atoms with E-state index in [-0.39, 0.29) is 0 Å². The second-order valence-electron chi connectivity index (χ2n) is 6.96. The first-order valence-electron chi connectivity index (χ1n) is 8.66. The van der Waals surface area contributed by atoms with Crippen LogP contribution in [-0.4, -0.2) is 54.3 Å². The number of aliphatic hydroxyl groups excluding tert-OH is 2. The summed E-state index contributed by atoms with van der Waals surface area (Å²) in [6.45, 7) is -0.466. The minimum absolute atomic E-state index is 0.321. The third kappa shape index (κ3) is 2.45. The molecule has 4 unspecified atom stereocenters. The van der Waals surface area contributed by atoms with Crippen molar-refractivity contribution in [3.8, 4) is 12.3 Å². The summed E-state index contributed by atoms with van der Waals surface area (Å²) in [5.74, 6) is 2.55. The van der Waals surface area contributed by atoms with E-state index in [0.717, 1.165) is 31.2 Å². The van der Waals surface area contributed by atoms with E-state index in [1.54, 1.807) is 4.57 Å². The van der Waals surface area contributed by atoms with Crippen LogP contribution < -0.4 is 0 Å². The second kappa shape index (κ2) is 6.48. The van der Waals surface area contributed by atoms with Crippen LogP contribution in [0.1, 0.15) is 43.4 Å². The fraction of sp³-hybridized carbons (Fsp3) is 0.556. The van der Waals surface area contributed by atoms with Gasteiger partial charge in [-0.1, -0.05) is 30.4 Å². The number of fused-ring (bicyclic) bond motifs is 1. The molecule has 0 spiro atoms. The Morgan fingerprint density at radius 2 is 2.12 bits per heavy atom. The van der Waals surface area contributed by atoms with Crippen molar-refractivity contribution in [1.82, 2.24) is 14.5 Å². The van der Waals surface area contributed by atoms with Crippen LogP contribution in [0.15, 0.2) is 12.5 Å². The SMILES string of the molecule is C#CC1(O)C(O)C(CO)OC1n1cc(C2CCCC2)c2c(Cl)ncnc21. The zero-order chi connectivity index (χ0) is 18.5. The van der Waals surface area contributed by atoms with Crippen LogP contribution in [0.5, 0.6) is 0 Å². The van der Waals surface area contributed by atoms with Crippen molar-refractivity contribution >= 4 is 22.6 Å². The number of nitrogens with zero attached hydrogens (tertiary/aromatic N) is 3. The maximum absolute atomic E-state index is 10.9. The summed E-state index contributed by atoms with van der Waals surface area (Å²) >= 11 is 6.35. The van der Waals surface area contributed by atoms with Crippen LogP contribution in [0.2, 0.25) is 5.15 Å². The predicted molar refractivity (Wildman–Crippen MR) is 94.5 cm³/mol. The molecule has 0 aromatic carbocycles. The van der Waals surface area contributed by atoms with E-state index in [2.05, 4.69) is 15.9 Å². The first-order chi connectivity index (χ1) is 12.5. The van der Waals surface area contributed by atoms with E-state index in [1.807, 2.05) is 6.20 Å². The smallest absolute Gasteiger partial charge is 0.199 e. The second-order valence-corrected chi connectivity index (χ2v) is 7.32. The number of ether oxygens (including phenoxy) is 1. The highest BCUT2D eigenvalue weighted by Crippen LogP contribution is 2.44. The summed E-state index contributed by atoms with van der Waals surface area (Å²) in [6, 6.07) is 0. The number of hydrogen-bond acceptors (Lipinski definition) is 6. The van der Waals surface area contributed by atoms with Crippen LogP contribution in [0.25, 0.3) is 11.0 Å². The van der Waals surface area contributed by atoms with Gasteiger partial charge in [-0.2, -0.15) is 0 Å². The molecule has 7 nitrogen and oxygen atoms in total. The van der Waals surface area contributed by atoms with Crippen molar-refractivity contribution in [2.24, 2.45) is 0 Å². The van der Waals surface area contributed by atoms with Gasteiger partial charge in [0.25, 0.3) is 0 Å². The summed E-state index contributed by atoms with van der Waals surface area (Å²) in [6.07, 6.45) is 9.53. The van der Waals surface area contributed by atoms with Crippen LogP contribution >= 0.6 is 11.6 Å². The number of aromatic nitrogens is 3. The molecule has 1 aliphatic heterocycles. The number of terminal acetylenes is 1. The lowest BCUT2D eigenvalue weighted by molar-refractivity contribution is -0.0719. The molecule has 2 aliphatic rings. The van der Waals surface area contributed by atoms with Gasteiger partial charge in [-0.15, -0.1) is 6.42 Å². The minimum atomic E-state index is -2.00. The van der Waals surface area contributed by atoms with Gasteiger partial charge in [-0.05, 0) is 24.3 Å². The maximum Gasteiger partial charge on any atom is 0.199 e. The van der Waals surface area contributed by atoms with E-state index in [9.17, 15) is 15.3 Å². The largest absolute Gasteiger partial charge is 0.394 e. The van der Waals surface area contributed by atoms with Crippen molar-refractivity contribution < 1.29 is 20.1 Å². The van der Waals surface area contributed by atoms with Gasteiger partial charge in [0.15, 0.2) is 11.8 Å². The lowest BCUT2D eigenvalue weighted by Crippen LogP contribution is -2.45. The molecular formula is C18H20ClN3O4. The van der Waals surface area contributed by atoms with E-state index in [1.165, 1.54) is 6.33 Å². The van der Waals surface area contributed by atoms with Crippen molar-refractivity contribution in [2.75, 3.05) is 6.61 Å². The molecule has 1 saturated heterocycles.